The predicted octanol–water partition coefficient (Wildman–Crippen LogP) is -0.621. The molecule has 2 heterocycles. The largest absolute Gasteiger partial charge is 0.374 e. The van der Waals surface area contributed by atoms with Crippen molar-refractivity contribution in [3.05, 3.63) is 36.1 Å². The van der Waals surface area contributed by atoms with Gasteiger partial charge in [-0.3, -0.25) is 29.4 Å². The van der Waals surface area contributed by atoms with Crippen LogP contribution >= 0.6 is 0 Å². The quantitative estimate of drug-likeness (QED) is 0.521. The molecule has 7 heteroatoms. The zero-order chi connectivity index (χ0) is 17.1. The number of carbonyl (C=O) groups is 4. The van der Waals surface area contributed by atoms with Crippen molar-refractivity contribution in [2.45, 2.75) is 18.9 Å². The molecule has 1 saturated heterocycles. The first-order valence-electron chi connectivity index (χ1n) is 6.87. The molecule has 0 aromatic rings. The summed E-state index contributed by atoms with van der Waals surface area (Å²) < 4.78 is 0. The second-order valence-electron chi connectivity index (χ2n) is 4.98. The highest BCUT2D eigenvalue weighted by Crippen LogP contribution is 2.29. The zero-order valence-electron chi connectivity index (χ0n) is 12.3. The number of hydrogen-bond acceptors (Lipinski definition) is 5. The third kappa shape index (κ3) is 2.79. The molecule has 0 bridgehead atoms. The zero-order valence-corrected chi connectivity index (χ0v) is 12.3. The van der Waals surface area contributed by atoms with Crippen LogP contribution in [0.15, 0.2) is 36.1 Å². The minimum atomic E-state index is -1.03. The predicted molar refractivity (Wildman–Crippen MR) is 81.2 cm³/mol. The van der Waals surface area contributed by atoms with E-state index in [0.29, 0.717) is 0 Å². The molecule has 7 nitrogen and oxygen atoms in total. The van der Waals surface area contributed by atoms with Gasteiger partial charge in [-0.2, -0.15) is 0 Å². The van der Waals surface area contributed by atoms with Gasteiger partial charge in [-0.25, -0.2) is 0 Å². The molecule has 0 radical (unpaired) electrons. The summed E-state index contributed by atoms with van der Waals surface area (Å²) in [4.78, 5) is 49.1. The van der Waals surface area contributed by atoms with E-state index < -0.39 is 29.7 Å². The lowest BCUT2D eigenvalue weighted by atomic mass is 10.0. The van der Waals surface area contributed by atoms with Gasteiger partial charge in [0.05, 0.1) is 17.7 Å². The van der Waals surface area contributed by atoms with Crippen molar-refractivity contribution in [1.82, 2.24) is 15.5 Å². The molecule has 0 aliphatic carbocycles. The first-order chi connectivity index (χ1) is 10.9. The maximum absolute atomic E-state index is 12.6. The van der Waals surface area contributed by atoms with Crippen LogP contribution in [0.5, 0.6) is 0 Å². The average Bonchev–Trinajstić information content (AvgIpc) is 2.76. The van der Waals surface area contributed by atoms with Crippen LogP contribution in [-0.2, 0) is 19.2 Å². The van der Waals surface area contributed by atoms with Gasteiger partial charge in [0.2, 0.25) is 11.8 Å². The average molecular weight is 313 g/mol. The van der Waals surface area contributed by atoms with Crippen LogP contribution in [0.25, 0.3) is 0 Å². The van der Waals surface area contributed by atoms with Crippen LogP contribution in [0.3, 0.4) is 0 Å². The Bertz CT molecular complexity index is 711. The Balaban J connectivity index is 2.32. The molecule has 2 aliphatic rings. The van der Waals surface area contributed by atoms with Crippen LogP contribution in [-0.4, -0.2) is 41.1 Å². The molecular weight excluding hydrogens is 298 g/mol. The van der Waals surface area contributed by atoms with E-state index in [2.05, 4.69) is 29.7 Å². The van der Waals surface area contributed by atoms with Crippen molar-refractivity contribution in [2.24, 2.45) is 0 Å². The maximum atomic E-state index is 12.6. The van der Waals surface area contributed by atoms with Crippen LogP contribution in [0.2, 0.25) is 0 Å². The standard InChI is InChI=1S/C16H15N3O4/c1-4-8-17-9(3)13-10(5-2)15(22)19(16(13)23)11-6-7-12(20)18-14(11)21/h1,5,11,17H,2-3,6-8H2,(H,18,20,21). The van der Waals surface area contributed by atoms with Gasteiger partial charge in [-0.05, 0) is 6.42 Å². The number of amides is 4. The lowest BCUT2D eigenvalue weighted by molar-refractivity contribution is -0.149. The van der Waals surface area contributed by atoms with E-state index in [9.17, 15) is 19.2 Å². The number of nitrogens with zero attached hydrogens (tertiary/aromatic N) is 1. The molecule has 0 saturated carbocycles. The molecule has 0 spiro atoms. The summed E-state index contributed by atoms with van der Waals surface area (Å²) >= 11 is 0. The topological polar surface area (TPSA) is 95.6 Å². The summed E-state index contributed by atoms with van der Waals surface area (Å²) in [5.41, 5.74) is 0.269. The molecule has 2 aliphatic heterocycles. The Labute approximate surface area is 133 Å². The second-order valence-corrected chi connectivity index (χ2v) is 4.98. The molecule has 4 amide bonds. The second kappa shape index (κ2) is 6.32. The lowest BCUT2D eigenvalue weighted by Crippen LogP contribution is -2.54. The summed E-state index contributed by atoms with van der Waals surface area (Å²) in [6.45, 7) is 7.36. The fraction of sp³-hybridized carbons (Fsp3) is 0.250. The van der Waals surface area contributed by atoms with Crippen LogP contribution in [0.1, 0.15) is 12.8 Å². The van der Waals surface area contributed by atoms with Crippen molar-refractivity contribution in [3.8, 4) is 12.3 Å². The van der Waals surface area contributed by atoms with E-state index in [1.54, 1.807) is 0 Å². The third-order valence-electron chi connectivity index (χ3n) is 3.58. The van der Waals surface area contributed by atoms with Gasteiger partial charge in [-0.15, -0.1) is 6.42 Å². The van der Waals surface area contributed by atoms with Crippen molar-refractivity contribution >= 4 is 23.6 Å². The summed E-state index contributed by atoms with van der Waals surface area (Å²) in [5, 5.41) is 4.87. The minimum Gasteiger partial charge on any atom is -0.374 e. The fourth-order valence-electron chi connectivity index (χ4n) is 2.50. The highest BCUT2D eigenvalue weighted by molar-refractivity contribution is 6.24. The Morgan fingerprint density at radius 2 is 2.09 bits per heavy atom. The maximum Gasteiger partial charge on any atom is 0.264 e. The molecule has 2 N–H and O–H groups in total. The Kier molecular flexibility index (Phi) is 4.46. The first kappa shape index (κ1) is 16.2. The monoisotopic (exact) mass is 313 g/mol. The van der Waals surface area contributed by atoms with Gasteiger partial charge in [0, 0.05) is 12.1 Å². The van der Waals surface area contributed by atoms with E-state index in [-0.39, 0.29) is 36.2 Å². The Morgan fingerprint density at radius 3 is 2.65 bits per heavy atom. The van der Waals surface area contributed by atoms with Crippen LogP contribution in [0.4, 0.5) is 0 Å². The Hall–Kier alpha value is -3.14. The normalized spacial score (nSPS) is 21.2. The lowest BCUT2D eigenvalue weighted by Gasteiger charge is -2.28. The summed E-state index contributed by atoms with van der Waals surface area (Å²) in [5.74, 6) is -0.0630. The molecule has 1 unspecified atom stereocenters. The van der Waals surface area contributed by atoms with E-state index in [1.807, 2.05) is 0 Å². The summed E-state index contributed by atoms with van der Waals surface area (Å²) in [7, 11) is 0. The van der Waals surface area contributed by atoms with Gasteiger partial charge in [-0.1, -0.05) is 25.2 Å². The van der Waals surface area contributed by atoms with E-state index in [0.717, 1.165) is 4.90 Å². The molecule has 0 aromatic carbocycles. The number of nitrogens with one attached hydrogen (secondary N) is 2. The van der Waals surface area contributed by atoms with Gasteiger partial charge in [0.1, 0.15) is 6.04 Å². The van der Waals surface area contributed by atoms with Gasteiger partial charge < -0.3 is 5.32 Å². The highest BCUT2D eigenvalue weighted by atomic mass is 16.2. The number of piperidine rings is 1. The number of imide groups is 2. The molecule has 1 atom stereocenters. The molecule has 0 aromatic heterocycles. The van der Waals surface area contributed by atoms with Crippen LogP contribution < -0.4 is 10.6 Å². The first-order valence-corrected chi connectivity index (χ1v) is 6.87. The van der Waals surface area contributed by atoms with Gasteiger partial charge in [0.15, 0.2) is 0 Å². The van der Waals surface area contributed by atoms with Gasteiger partial charge in [0.25, 0.3) is 11.8 Å². The van der Waals surface area contributed by atoms with Gasteiger partial charge >= 0.3 is 0 Å². The molecule has 23 heavy (non-hydrogen) atoms. The minimum absolute atomic E-state index is 0.0324. The highest BCUT2D eigenvalue weighted by Gasteiger charge is 2.45. The number of carbonyl (C=O) groups excluding carboxylic acids is 4. The van der Waals surface area contributed by atoms with Crippen molar-refractivity contribution in [1.29, 1.82) is 0 Å². The number of hydrogen-bond donors (Lipinski definition) is 2. The van der Waals surface area contributed by atoms with E-state index >= 15 is 0 Å². The number of terminal acetylenes is 1. The van der Waals surface area contributed by atoms with Crippen LogP contribution in [0, 0.1) is 12.3 Å². The van der Waals surface area contributed by atoms with Crippen molar-refractivity contribution in [3.63, 3.8) is 0 Å². The molecule has 1 fully saturated rings. The fourth-order valence-corrected chi connectivity index (χ4v) is 2.50. The Morgan fingerprint density at radius 1 is 1.39 bits per heavy atom. The number of rotatable bonds is 5. The summed E-state index contributed by atoms with van der Waals surface area (Å²) in [6.07, 6.45) is 6.53. The van der Waals surface area contributed by atoms with E-state index in [1.165, 1.54) is 6.08 Å². The van der Waals surface area contributed by atoms with E-state index in [4.69, 9.17) is 6.42 Å². The van der Waals surface area contributed by atoms with Crippen molar-refractivity contribution in [2.75, 3.05) is 6.54 Å². The smallest absolute Gasteiger partial charge is 0.264 e. The molecule has 118 valence electrons. The summed E-state index contributed by atoms with van der Waals surface area (Å²) in [6, 6.07) is -1.03. The van der Waals surface area contributed by atoms with Crippen molar-refractivity contribution < 1.29 is 19.2 Å². The SMILES string of the molecule is C#CCNC(=C)C1=C(C=C)C(=O)N(C2CCC(=O)NC2=O)C1=O. The third-order valence-corrected chi connectivity index (χ3v) is 3.58. The molecule has 2 rings (SSSR count). The molecular formula is C16H15N3O4.